The number of hydrogen-bond acceptors (Lipinski definition) is 4. The Bertz CT molecular complexity index is 499. The molecule has 124 valence electrons. The van der Waals surface area contributed by atoms with Crippen LogP contribution in [0.3, 0.4) is 0 Å². The third kappa shape index (κ3) is 3.06. The third-order valence-corrected chi connectivity index (χ3v) is 5.55. The summed E-state index contributed by atoms with van der Waals surface area (Å²) >= 11 is 0. The Morgan fingerprint density at radius 2 is 1.91 bits per heavy atom. The minimum atomic E-state index is -0.106. The number of hydrogen-bond donors (Lipinski definition) is 1. The molecule has 3 atom stereocenters. The number of nitrogens with zero attached hydrogens (tertiary/aromatic N) is 4. The second-order valence-corrected chi connectivity index (χ2v) is 7.38. The summed E-state index contributed by atoms with van der Waals surface area (Å²) in [5, 5.41) is 19.1. The Labute approximate surface area is 133 Å². The first-order valence-corrected chi connectivity index (χ1v) is 8.88. The van der Waals surface area contributed by atoms with E-state index in [0.717, 1.165) is 31.2 Å². The second kappa shape index (κ2) is 6.67. The van der Waals surface area contributed by atoms with Gasteiger partial charge in [-0.15, -0.1) is 10.2 Å². The standard InChI is InChI=1S/C17H30N4O/c1-12(2)17-19-18-16(20(17)3)11-21-10-6-8-14(21)13-7-4-5-9-15(13)22/h12-15,22H,4-11H2,1-3H3/t13-,14-,15-/m1/s1. The quantitative estimate of drug-likeness (QED) is 0.928. The Morgan fingerprint density at radius 1 is 1.14 bits per heavy atom. The van der Waals surface area contributed by atoms with Crippen molar-refractivity contribution in [3.8, 4) is 0 Å². The lowest BCUT2D eigenvalue weighted by Gasteiger charge is -2.37. The van der Waals surface area contributed by atoms with E-state index in [1.165, 1.54) is 32.1 Å². The zero-order valence-electron chi connectivity index (χ0n) is 14.2. The largest absolute Gasteiger partial charge is 0.393 e. The molecule has 1 aliphatic carbocycles. The molecule has 2 aliphatic rings. The Balaban J connectivity index is 1.71. The smallest absolute Gasteiger partial charge is 0.146 e. The van der Waals surface area contributed by atoms with Gasteiger partial charge in [0, 0.05) is 24.9 Å². The van der Waals surface area contributed by atoms with Gasteiger partial charge < -0.3 is 9.67 Å². The first-order valence-electron chi connectivity index (χ1n) is 8.88. The summed E-state index contributed by atoms with van der Waals surface area (Å²) in [5.74, 6) is 2.97. The molecule has 5 heteroatoms. The summed E-state index contributed by atoms with van der Waals surface area (Å²) in [5.41, 5.74) is 0. The fourth-order valence-electron chi connectivity index (χ4n) is 4.32. The average molecular weight is 306 g/mol. The van der Waals surface area contributed by atoms with Crippen LogP contribution in [-0.2, 0) is 13.6 Å². The van der Waals surface area contributed by atoms with Crippen LogP contribution >= 0.6 is 0 Å². The maximum atomic E-state index is 10.4. The predicted octanol–water partition coefficient (Wildman–Crippen LogP) is 2.45. The van der Waals surface area contributed by atoms with Crippen molar-refractivity contribution in [3.05, 3.63) is 11.6 Å². The van der Waals surface area contributed by atoms with Crippen molar-refractivity contribution in [2.24, 2.45) is 13.0 Å². The van der Waals surface area contributed by atoms with Gasteiger partial charge in [-0.05, 0) is 32.2 Å². The minimum absolute atomic E-state index is 0.106. The van der Waals surface area contributed by atoms with Gasteiger partial charge in [-0.2, -0.15) is 0 Å². The lowest BCUT2D eigenvalue weighted by Crippen LogP contribution is -2.42. The van der Waals surface area contributed by atoms with E-state index in [4.69, 9.17) is 0 Å². The normalized spacial score (nSPS) is 30.3. The van der Waals surface area contributed by atoms with Crippen molar-refractivity contribution >= 4 is 0 Å². The molecule has 1 saturated carbocycles. The zero-order valence-corrected chi connectivity index (χ0v) is 14.2. The third-order valence-electron chi connectivity index (χ3n) is 5.55. The molecule has 0 aromatic carbocycles. The molecule has 0 amide bonds. The van der Waals surface area contributed by atoms with Gasteiger partial charge in [-0.25, -0.2) is 0 Å². The van der Waals surface area contributed by atoms with E-state index in [2.05, 4.69) is 40.6 Å². The van der Waals surface area contributed by atoms with Crippen LogP contribution in [0.25, 0.3) is 0 Å². The van der Waals surface area contributed by atoms with Gasteiger partial charge in [-0.3, -0.25) is 4.90 Å². The highest BCUT2D eigenvalue weighted by Gasteiger charge is 2.37. The Morgan fingerprint density at radius 3 is 2.59 bits per heavy atom. The lowest BCUT2D eigenvalue weighted by atomic mass is 9.80. The lowest BCUT2D eigenvalue weighted by molar-refractivity contribution is 0.0193. The molecule has 1 saturated heterocycles. The maximum absolute atomic E-state index is 10.4. The molecule has 0 radical (unpaired) electrons. The van der Waals surface area contributed by atoms with Crippen LogP contribution in [0.15, 0.2) is 0 Å². The van der Waals surface area contributed by atoms with Crippen molar-refractivity contribution in [1.82, 2.24) is 19.7 Å². The number of aliphatic hydroxyl groups excluding tert-OH is 1. The maximum Gasteiger partial charge on any atom is 0.146 e. The van der Waals surface area contributed by atoms with Gasteiger partial charge in [0.2, 0.25) is 0 Å². The zero-order chi connectivity index (χ0) is 15.7. The molecule has 0 bridgehead atoms. The molecule has 3 rings (SSSR count). The molecular formula is C17H30N4O. The van der Waals surface area contributed by atoms with Gasteiger partial charge in [0.15, 0.2) is 0 Å². The summed E-state index contributed by atoms with van der Waals surface area (Å²) in [6, 6.07) is 0.523. The van der Waals surface area contributed by atoms with Gasteiger partial charge in [-0.1, -0.05) is 26.7 Å². The predicted molar refractivity (Wildman–Crippen MR) is 86.5 cm³/mol. The van der Waals surface area contributed by atoms with Crippen LogP contribution < -0.4 is 0 Å². The number of aromatic nitrogens is 3. The average Bonchev–Trinajstić information content (AvgIpc) is 3.08. The van der Waals surface area contributed by atoms with Crippen molar-refractivity contribution in [2.75, 3.05) is 6.54 Å². The highest BCUT2D eigenvalue weighted by atomic mass is 16.3. The minimum Gasteiger partial charge on any atom is -0.393 e. The molecule has 22 heavy (non-hydrogen) atoms. The fourth-order valence-corrected chi connectivity index (χ4v) is 4.32. The van der Waals surface area contributed by atoms with E-state index in [9.17, 15) is 5.11 Å². The SMILES string of the molecule is CC(C)c1nnc(CN2CCC[C@@H]2[C@H]2CCCC[C@H]2O)n1C. The van der Waals surface area contributed by atoms with Crippen LogP contribution in [0, 0.1) is 5.92 Å². The molecule has 1 aliphatic heterocycles. The Hall–Kier alpha value is -0.940. The van der Waals surface area contributed by atoms with E-state index >= 15 is 0 Å². The van der Waals surface area contributed by atoms with Crippen molar-refractivity contribution in [3.63, 3.8) is 0 Å². The van der Waals surface area contributed by atoms with Gasteiger partial charge in [0.25, 0.3) is 0 Å². The van der Waals surface area contributed by atoms with Gasteiger partial charge in [0.05, 0.1) is 12.6 Å². The number of likely N-dealkylation sites (tertiary alicyclic amines) is 1. The molecule has 0 spiro atoms. The highest BCUT2D eigenvalue weighted by Crippen LogP contribution is 2.35. The molecular weight excluding hydrogens is 276 g/mol. The summed E-state index contributed by atoms with van der Waals surface area (Å²) in [6.07, 6.45) is 6.97. The van der Waals surface area contributed by atoms with Gasteiger partial charge >= 0.3 is 0 Å². The van der Waals surface area contributed by atoms with E-state index in [1.54, 1.807) is 0 Å². The summed E-state index contributed by atoms with van der Waals surface area (Å²) in [4.78, 5) is 2.54. The summed E-state index contributed by atoms with van der Waals surface area (Å²) < 4.78 is 2.15. The molecule has 5 nitrogen and oxygen atoms in total. The van der Waals surface area contributed by atoms with Crippen LogP contribution in [0.4, 0.5) is 0 Å². The monoisotopic (exact) mass is 306 g/mol. The van der Waals surface area contributed by atoms with Crippen molar-refractivity contribution in [2.45, 2.75) is 77.0 Å². The number of aliphatic hydroxyl groups is 1. The van der Waals surface area contributed by atoms with Crippen LogP contribution in [-0.4, -0.2) is 43.5 Å². The van der Waals surface area contributed by atoms with Gasteiger partial charge in [0.1, 0.15) is 11.6 Å². The molecule has 1 aromatic heterocycles. The van der Waals surface area contributed by atoms with E-state index in [-0.39, 0.29) is 6.10 Å². The van der Waals surface area contributed by atoms with Crippen molar-refractivity contribution < 1.29 is 5.11 Å². The van der Waals surface area contributed by atoms with Crippen molar-refractivity contribution in [1.29, 1.82) is 0 Å². The molecule has 0 unspecified atom stereocenters. The fraction of sp³-hybridized carbons (Fsp3) is 0.882. The molecule has 1 N–H and O–H groups in total. The van der Waals surface area contributed by atoms with Crippen LogP contribution in [0.5, 0.6) is 0 Å². The topological polar surface area (TPSA) is 54.2 Å². The summed E-state index contributed by atoms with van der Waals surface area (Å²) in [6.45, 7) is 6.30. The van der Waals surface area contributed by atoms with Crippen LogP contribution in [0.2, 0.25) is 0 Å². The van der Waals surface area contributed by atoms with E-state index in [0.29, 0.717) is 17.9 Å². The van der Waals surface area contributed by atoms with E-state index in [1.807, 2.05) is 0 Å². The molecule has 2 fully saturated rings. The van der Waals surface area contributed by atoms with E-state index < -0.39 is 0 Å². The summed E-state index contributed by atoms with van der Waals surface area (Å²) in [7, 11) is 2.07. The first-order chi connectivity index (χ1) is 10.6. The molecule has 1 aromatic rings. The molecule has 2 heterocycles. The highest BCUT2D eigenvalue weighted by molar-refractivity contribution is 5.01. The van der Waals surface area contributed by atoms with Crippen LogP contribution in [0.1, 0.15) is 69.9 Å². The second-order valence-electron chi connectivity index (χ2n) is 7.38. The first kappa shape index (κ1) is 15.9. The number of rotatable bonds is 4. The Kier molecular flexibility index (Phi) is 4.83.